The second-order valence-electron chi connectivity index (χ2n) is 5.41. The molecule has 2 aromatic rings. The minimum Gasteiger partial charge on any atom is -0.437 e. The number of rotatable bonds is 6. The summed E-state index contributed by atoms with van der Waals surface area (Å²) in [6.45, 7) is 10.1. The lowest BCUT2D eigenvalue weighted by Crippen LogP contribution is -2.13. The molecule has 0 bridgehead atoms. The largest absolute Gasteiger partial charge is 0.437 e. The van der Waals surface area contributed by atoms with Crippen molar-refractivity contribution in [3.63, 3.8) is 0 Å². The van der Waals surface area contributed by atoms with E-state index >= 15 is 0 Å². The monoisotopic (exact) mass is 285 g/mol. The fourth-order valence-electron chi connectivity index (χ4n) is 1.94. The van der Waals surface area contributed by atoms with Gasteiger partial charge < -0.3 is 10.1 Å². The van der Waals surface area contributed by atoms with Crippen molar-refractivity contribution in [2.24, 2.45) is 0 Å². The molecule has 4 heteroatoms. The average Bonchev–Trinajstić information content (AvgIpc) is 2.48. The van der Waals surface area contributed by atoms with E-state index in [-0.39, 0.29) is 0 Å². The second-order valence-corrected chi connectivity index (χ2v) is 5.41. The first-order chi connectivity index (χ1) is 10.1. The van der Waals surface area contributed by atoms with E-state index in [2.05, 4.69) is 54.3 Å². The topological polar surface area (TPSA) is 47.0 Å². The zero-order valence-electron chi connectivity index (χ0n) is 13.2. The third kappa shape index (κ3) is 4.26. The van der Waals surface area contributed by atoms with Crippen LogP contribution >= 0.6 is 0 Å². The van der Waals surface area contributed by atoms with Gasteiger partial charge in [0.2, 0.25) is 5.88 Å². The van der Waals surface area contributed by atoms with Crippen LogP contribution in [-0.2, 0) is 6.54 Å². The van der Waals surface area contributed by atoms with Crippen LogP contribution in [0.4, 0.5) is 0 Å². The highest BCUT2D eigenvalue weighted by atomic mass is 16.5. The maximum atomic E-state index is 5.87. The molecule has 1 N–H and O–H groups in total. The van der Waals surface area contributed by atoms with Crippen molar-refractivity contribution >= 4 is 0 Å². The highest BCUT2D eigenvalue weighted by Gasteiger charge is 2.07. The summed E-state index contributed by atoms with van der Waals surface area (Å²) in [6, 6.07) is 6.30. The Morgan fingerprint density at radius 1 is 1.19 bits per heavy atom. The van der Waals surface area contributed by atoms with E-state index in [0.717, 1.165) is 30.1 Å². The van der Waals surface area contributed by atoms with Crippen LogP contribution in [0.25, 0.3) is 0 Å². The Hall–Kier alpha value is -1.94. The van der Waals surface area contributed by atoms with Crippen molar-refractivity contribution in [1.29, 1.82) is 0 Å². The summed E-state index contributed by atoms with van der Waals surface area (Å²) in [5, 5.41) is 3.22. The fraction of sp³-hybridized carbons (Fsp3) is 0.412. The minimum atomic E-state index is 0.474. The molecule has 1 aromatic carbocycles. The standard InChI is InChI=1S/C17H23N3O/c1-5-18-9-15-10-20-17(11-19-15)21-16-8-14(12(2)3)7-6-13(16)4/h6-8,10-12,18H,5,9H2,1-4H3. The van der Waals surface area contributed by atoms with Gasteiger partial charge in [0.05, 0.1) is 18.1 Å². The van der Waals surface area contributed by atoms with Gasteiger partial charge in [0.15, 0.2) is 0 Å². The Bertz CT molecular complexity index is 579. The molecule has 0 aliphatic heterocycles. The van der Waals surface area contributed by atoms with Crippen LogP contribution in [0.3, 0.4) is 0 Å². The average molecular weight is 285 g/mol. The Balaban J connectivity index is 2.12. The molecule has 1 aromatic heterocycles. The molecule has 0 amide bonds. The highest BCUT2D eigenvalue weighted by Crippen LogP contribution is 2.27. The summed E-state index contributed by atoms with van der Waals surface area (Å²) in [5.41, 5.74) is 3.27. The van der Waals surface area contributed by atoms with Gasteiger partial charge in [0.25, 0.3) is 0 Å². The molecule has 0 aliphatic rings. The van der Waals surface area contributed by atoms with Crippen molar-refractivity contribution in [1.82, 2.24) is 15.3 Å². The van der Waals surface area contributed by atoms with Gasteiger partial charge in [0.1, 0.15) is 5.75 Å². The number of benzene rings is 1. The molecule has 0 unspecified atom stereocenters. The normalized spacial score (nSPS) is 10.9. The summed E-state index contributed by atoms with van der Waals surface area (Å²) in [6.07, 6.45) is 3.42. The van der Waals surface area contributed by atoms with Gasteiger partial charge in [-0.3, -0.25) is 4.98 Å². The van der Waals surface area contributed by atoms with Crippen LogP contribution in [0.5, 0.6) is 11.6 Å². The Kier molecular flexibility index (Phi) is 5.28. The Morgan fingerprint density at radius 3 is 2.62 bits per heavy atom. The summed E-state index contributed by atoms with van der Waals surface area (Å²) < 4.78 is 5.87. The molecular weight excluding hydrogens is 262 g/mol. The zero-order valence-corrected chi connectivity index (χ0v) is 13.2. The molecule has 2 rings (SSSR count). The maximum absolute atomic E-state index is 5.87. The molecule has 0 aliphatic carbocycles. The minimum absolute atomic E-state index is 0.474. The first-order valence-corrected chi connectivity index (χ1v) is 7.40. The molecule has 0 atom stereocenters. The second kappa shape index (κ2) is 7.18. The quantitative estimate of drug-likeness (QED) is 0.876. The van der Waals surface area contributed by atoms with Crippen molar-refractivity contribution < 1.29 is 4.74 Å². The number of aryl methyl sites for hydroxylation is 1. The number of nitrogens with zero attached hydrogens (tertiary/aromatic N) is 2. The van der Waals surface area contributed by atoms with Crippen molar-refractivity contribution in [2.45, 2.75) is 40.2 Å². The summed E-state index contributed by atoms with van der Waals surface area (Å²) in [7, 11) is 0. The van der Waals surface area contributed by atoms with E-state index in [9.17, 15) is 0 Å². The van der Waals surface area contributed by atoms with Gasteiger partial charge in [-0.2, -0.15) is 0 Å². The molecule has 0 saturated carbocycles. The summed E-state index contributed by atoms with van der Waals surface area (Å²) >= 11 is 0. The van der Waals surface area contributed by atoms with E-state index < -0.39 is 0 Å². The maximum Gasteiger partial charge on any atom is 0.237 e. The molecule has 0 saturated heterocycles. The van der Waals surface area contributed by atoms with E-state index in [4.69, 9.17) is 4.74 Å². The van der Waals surface area contributed by atoms with Crippen LogP contribution in [0.2, 0.25) is 0 Å². The van der Waals surface area contributed by atoms with Gasteiger partial charge in [-0.05, 0) is 36.6 Å². The molecule has 0 fully saturated rings. The van der Waals surface area contributed by atoms with Gasteiger partial charge in [0, 0.05) is 6.54 Å². The molecule has 4 nitrogen and oxygen atoms in total. The van der Waals surface area contributed by atoms with Crippen molar-refractivity contribution in [3.8, 4) is 11.6 Å². The first kappa shape index (κ1) is 15.4. The molecule has 21 heavy (non-hydrogen) atoms. The predicted molar refractivity (Wildman–Crippen MR) is 84.8 cm³/mol. The molecule has 0 radical (unpaired) electrons. The SMILES string of the molecule is CCNCc1cnc(Oc2cc(C(C)C)ccc2C)cn1. The number of ether oxygens (including phenoxy) is 1. The first-order valence-electron chi connectivity index (χ1n) is 7.40. The Morgan fingerprint density at radius 2 is 2.00 bits per heavy atom. The molecular formula is C17H23N3O. The lowest BCUT2D eigenvalue weighted by atomic mass is 10.0. The van der Waals surface area contributed by atoms with Gasteiger partial charge in [-0.1, -0.05) is 32.9 Å². The van der Waals surface area contributed by atoms with Crippen molar-refractivity contribution in [2.75, 3.05) is 6.54 Å². The third-order valence-corrected chi connectivity index (χ3v) is 3.33. The van der Waals surface area contributed by atoms with Crippen LogP contribution < -0.4 is 10.1 Å². The predicted octanol–water partition coefficient (Wildman–Crippen LogP) is 3.81. The highest BCUT2D eigenvalue weighted by molar-refractivity contribution is 5.39. The fourth-order valence-corrected chi connectivity index (χ4v) is 1.94. The molecule has 0 spiro atoms. The van der Waals surface area contributed by atoms with Gasteiger partial charge >= 0.3 is 0 Å². The summed E-state index contributed by atoms with van der Waals surface area (Å²) in [4.78, 5) is 8.67. The van der Waals surface area contributed by atoms with Crippen LogP contribution in [0.15, 0.2) is 30.6 Å². The molecule has 112 valence electrons. The molecule has 1 heterocycles. The number of hydrogen-bond donors (Lipinski definition) is 1. The van der Waals surface area contributed by atoms with Crippen LogP contribution in [-0.4, -0.2) is 16.5 Å². The van der Waals surface area contributed by atoms with Crippen LogP contribution in [0, 0.1) is 6.92 Å². The smallest absolute Gasteiger partial charge is 0.237 e. The van der Waals surface area contributed by atoms with Crippen molar-refractivity contribution in [3.05, 3.63) is 47.4 Å². The lowest BCUT2D eigenvalue weighted by Gasteiger charge is -2.12. The van der Waals surface area contributed by atoms with E-state index in [1.165, 1.54) is 5.56 Å². The number of hydrogen-bond acceptors (Lipinski definition) is 4. The number of aromatic nitrogens is 2. The van der Waals surface area contributed by atoms with Gasteiger partial charge in [-0.15, -0.1) is 0 Å². The zero-order chi connectivity index (χ0) is 15.2. The van der Waals surface area contributed by atoms with Gasteiger partial charge in [-0.25, -0.2) is 4.98 Å². The lowest BCUT2D eigenvalue weighted by molar-refractivity contribution is 0.454. The third-order valence-electron chi connectivity index (χ3n) is 3.33. The Labute approximate surface area is 126 Å². The van der Waals surface area contributed by atoms with E-state index in [1.807, 2.05) is 6.92 Å². The number of nitrogens with one attached hydrogen (secondary N) is 1. The van der Waals surface area contributed by atoms with Crippen LogP contribution in [0.1, 0.15) is 43.5 Å². The summed E-state index contributed by atoms with van der Waals surface area (Å²) in [5.74, 6) is 1.84. The van der Waals surface area contributed by atoms with E-state index in [0.29, 0.717) is 11.8 Å². The van der Waals surface area contributed by atoms with E-state index in [1.54, 1.807) is 12.4 Å².